The SMILES string of the molecule is CC/C=C\C/C=C\C/C=C\C/C=C\C/C=C\CCCCCCCCCCCCCCCC(=O)OCC(COC(=O)CCCCCCCCCC)OC(=O)CCC/C=C\C/C=C\C/C=C\C/C=C\C/C=C\CC. The van der Waals surface area contributed by atoms with Crippen LogP contribution in [-0.4, -0.2) is 37.2 Å². The minimum Gasteiger partial charge on any atom is -0.462 e. The molecule has 0 radical (unpaired) electrons. The summed E-state index contributed by atoms with van der Waals surface area (Å²) in [7, 11) is 0. The average molecular weight is 998 g/mol. The van der Waals surface area contributed by atoms with Gasteiger partial charge in [0.15, 0.2) is 6.10 Å². The number of allylic oxidation sites excluding steroid dienone is 20. The highest BCUT2D eigenvalue weighted by Crippen LogP contribution is 2.15. The van der Waals surface area contributed by atoms with Gasteiger partial charge in [-0.05, 0) is 103 Å². The van der Waals surface area contributed by atoms with E-state index >= 15 is 0 Å². The standard InChI is InChI=1S/C66H108O6/c1-4-7-10-13-16-19-21-23-25-27-28-29-30-31-32-33-34-35-36-37-38-40-41-43-45-47-50-53-56-59-65(68)71-62-63(61-70-64(67)58-55-52-49-18-15-12-9-6-3)72-66(69)60-57-54-51-48-46-44-42-39-26-24-22-20-17-14-11-8-5-2/h7-8,10-11,16-17,19-20,23-26,28-29,31-32,42,44,48,51,63H,4-6,9,12-15,18,21-22,27,30,33-41,43,45-47,49-50,52-62H2,1-3H3/b10-7-,11-8-,19-16-,20-17-,25-23-,26-24-,29-28-,32-31-,44-42-,51-48-. The van der Waals surface area contributed by atoms with Gasteiger partial charge in [-0.3, -0.25) is 14.4 Å². The highest BCUT2D eigenvalue weighted by molar-refractivity contribution is 5.71. The highest BCUT2D eigenvalue weighted by Gasteiger charge is 2.19. The first-order valence-corrected chi connectivity index (χ1v) is 29.5. The molecule has 0 aromatic carbocycles. The van der Waals surface area contributed by atoms with Crippen molar-refractivity contribution < 1.29 is 28.6 Å². The molecule has 0 saturated heterocycles. The van der Waals surface area contributed by atoms with E-state index in [1.165, 1.54) is 103 Å². The first kappa shape index (κ1) is 67.8. The van der Waals surface area contributed by atoms with Gasteiger partial charge in [0, 0.05) is 19.3 Å². The molecule has 0 rings (SSSR count). The second-order valence-electron chi connectivity index (χ2n) is 19.1. The first-order chi connectivity index (χ1) is 35.5. The third kappa shape index (κ3) is 56.7. The van der Waals surface area contributed by atoms with Crippen LogP contribution in [0.2, 0.25) is 0 Å². The van der Waals surface area contributed by atoms with E-state index in [2.05, 4.69) is 142 Å². The number of ether oxygens (including phenoxy) is 3. The summed E-state index contributed by atoms with van der Waals surface area (Å²) in [5, 5.41) is 0. The number of hydrogen-bond donors (Lipinski definition) is 0. The van der Waals surface area contributed by atoms with Crippen molar-refractivity contribution in [3.8, 4) is 0 Å². The lowest BCUT2D eigenvalue weighted by Crippen LogP contribution is -2.30. The van der Waals surface area contributed by atoms with Crippen LogP contribution in [0.1, 0.15) is 258 Å². The zero-order chi connectivity index (χ0) is 52.2. The molecular formula is C66H108O6. The molecule has 0 aromatic rings. The molecule has 72 heavy (non-hydrogen) atoms. The molecule has 6 nitrogen and oxygen atoms in total. The maximum Gasteiger partial charge on any atom is 0.306 e. The van der Waals surface area contributed by atoms with Gasteiger partial charge in [0.05, 0.1) is 0 Å². The van der Waals surface area contributed by atoms with Crippen LogP contribution in [0.5, 0.6) is 0 Å². The predicted octanol–water partition coefficient (Wildman–Crippen LogP) is 20.0. The molecule has 6 heteroatoms. The smallest absolute Gasteiger partial charge is 0.306 e. The molecule has 0 saturated carbocycles. The van der Waals surface area contributed by atoms with E-state index in [1.807, 2.05) is 0 Å². The van der Waals surface area contributed by atoms with Gasteiger partial charge >= 0.3 is 17.9 Å². The van der Waals surface area contributed by atoms with Gasteiger partial charge in [0.2, 0.25) is 0 Å². The molecule has 0 aliphatic carbocycles. The zero-order valence-electron chi connectivity index (χ0n) is 46.7. The largest absolute Gasteiger partial charge is 0.462 e. The number of esters is 3. The number of unbranched alkanes of at least 4 members (excludes halogenated alkanes) is 21. The monoisotopic (exact) mass is 997 g/mol. The molecule has 0 heterocycles. The maximum atomic E-state index is 12.8. The van der Waals surface area contributed by atoms with Gasteiger partial charge in [0.1, 0.15) is 13.2 Å². The van der Waals surface area contributed by atoms with Crippen molar-refractivity contribution in [2.45, 2.75) is 264 Å². The molecule has 0 N–H and O–H groups in total. The van der Waals surface area contributed by atoms with Gasteiger partial charge in [-0.1, -0.05) is 258 Å². The van der Waals surface area contributed by atoms with E-state index in [0.717, 1.165) is 109 Å². The number of rotatable bonds is 52. The van der Waals surface area contributed by atoms with Crippen LogP contribution in [0.15, 0.2) is 122 Å². The van der Waals surface area contributed by atoms with Crippen LogP contribution in [0.3, 0.4) is 0 Å². The Bertz CT molecular complexity index is 1520. The van der Waals surface area contributed by atoms with E-state index in [4.69, 9.17) is 14.2 Å². The van der Waals surface area contributed by atoms with E-state index in [0.29, 0.717) is 19.3 Å². The molecule has 408 valence electrons. The van der Waals surface area contributed by atoms with Crippen molar-refractivity contribution in [2.24, 2.45) is 0 Å². The Morgan fingerprint density at radius 1 is 0.292 bits per heavy atom. The summed E-state index contributed by atoms with van der Waals surface area (Å²) in [5.74, 6) is -0.966. The normalized spacial score (nSPS) is 13.0. The molecule has 0 fully saturated rings. The Labute approximate surface area is 443 Å². The maximum absolute atomic E-state index is 12.8. The van der Waals surface area contributed by atoms with Crippen molar-refractivity contribution >= 4 is 17.9 Å². The summed E-state index contributed by atoms with van der Waals surface area (Å²) < 4.78 is 16.8. The van der Waals surface area contributed by atoms with E-state index < -0.39 is 6.10 Å². The molecule has 1 unspecified atom stereocenters. The first-order valence-electron chi connectivity index (χ1n) is 29.5. The van der Waals surface area contributed by atoms with Crippen molar-refractivity contribution in [1.82, 2.24) is 0 Å². The minimum absolute atomic E-state index is 0.101. The predicted molar refractivity (Wildman–Crippen MR) is 311 cm³/mol. The summed E-state index contributed by atoms with van der Waals surface area (Å²) in [6.45, 7) is 6.33. The van der Waals surface area contributed by atoms with Crippen LogP contribution in [-0.2, 0) is 28.6 Å². The summed E-state index contributed by atoms with van der Waals surface area (Å²) in [4.78, 5) is 38.0. The van der Waals surface area contributed by atoms with Crippen LogP contribution >= 0.6 is 0 Å². The van der Waals surface area contributed by atoms with Crippen LogP contribution < -0.4 is 0 Å². The van der Waals surface area contributed by atoms with Gasteiger partial charge in [-0.25, -0.2) is 0 Å². The summed E-state index contributed by atoms with van der Waals surface area (Å²) in [6, 6.07) is 0. The third-order valence-corrected chi connectivity index (χ3v) is 12.2. The van der Waals surface area contributed by atoms with Crippen LogP contribution in [0.25, 0.3) is 0 Å². The van der Waals surface area contributed by atoms with Crippen LogP contribution in [0.4, 0.5) is 0 Å². The highest BCUT2D eigenvalue weighted by atomic mass is 16.6. The number of carbonyl (C=O) groups is 3. The fraction of sp³-hybridized carbons (Fsp3) is 0.652. The second kappa shape index (κ2) is 59.4. The van der Waals surface area contributed by atoms with Crippen molar-refractivity contribution in [2.75, 3.05) is 13.2 Å². The Kier molecular flexibility index (Phi) is 55.9. The molecule has 0 bridgehead atoms. The quantitative estimate of drug-likeness (QED) is 0.0261. The van der Waals surface area contributed by atoms with E-state index in [1.54, 1.807) is 0 Å². The van der Waals surface area contributed by atoms with Crippen molar-refractivity contribution in [3.05, 3.63) is 122 Å². The average Bonchev–Trinajstić information content (AvgIpc) is 3.38. The molecule has 1 atom stereocenters. The van der Waals surface area contributed by atoms with E-state index in [9.17, 15) is 14.4 Å². The molecular weight excluding hydrogens is 889 g/mol. The Hall–Kier alpha value is -4.19. The Morgan fingerprint density at radius 3 is 0.889 bits per heavy atom. The summed E-state index contributed by atoms with van der Waals surface area (Å²) in [6.07, 6.45) is 82.2. The summed E-state index contributed by atoms with van der Waals surface area (Å²) in [5.41, 5.74) is 0. The second-order valence-corrected chi connectivity index (χ2v) is 19.1. The number of hydrogen-bond acceptors (Lipinski definition) is 6. The van der Waals surface area contributed by atoms with Gasteiger partial charge in [0.25, 0.3) is 0 Å². The van der Waals surface area contributed by atoms with Gasteiger partial charge in [-0.15, -0.1) is 0 Å². The van der Waals surface area contributed by atoms with Crippen molar-refractivity contribution in [1.29, 1.82) is 0 Å². The fourth-order valence-corrected chi connectivity index (χ4v) is 7.86. The van der Waals surface area contributed by atoms with E-state index in [-0.39, 0.29) is 37.5 Å². The lowest BCUT2D eigenvalue weighted by molar-refractivity contribution is -0.167. The minimum atomic E-state index is -0.808. The fourth-order valence-electron chi connectivity index (χ4n) is 7.86. The molecule has 0 amide bonds. The third-order valence-electron chi connectivity index (χ3n) is 12.2. The molecule has 0 aliphatic heterocycles. The molecule has 0 aliphatic rings. The van der Waals surface area contributed by atoms with Crippen LogP contribution in [0, 0.1) is 0 Å². The van der Waals surface area contributed by atoms with Gasteiger partial charge < -0.3 is 14.2 Å². The summed E-state index contributed by atoms with van der Waals surface area (Å²) >= 11 is 0. The van der Waals surface area contributed by atoms with Crippen molar-refractivity contribution in [3.63, 3.8) is 0 Å². The topological polar surface area (TPSA) is 78.9 Å². The van der Waals surface area contributed by atoms with Gasteiger partial charge in [-0.2, -0.15) is 0 Å². The number of carbonyl (C=O) groups excluding carboxylic acids is 3. The Morgan fingerprint density at radius 2 is 0.556 bits per heavy atom. The molecule has 0 aromatic heterocycles. The molecule has 0 spiro atoms. The lowest BCUT2D eigenvalue weighted by atomic mass is 10.0. The zero-order valence-corrected chi connectivity index (χ0v) is 46.7. The Balaban J connectivity index is 4.22. The lowest BCUT2D eigenvalue weighted by Gasteiger charge is -2.18.